The maximum atomic E-state index is 5.63. The molecule has 0 heterocycles. The van der Waals surface area contributed by atoms with Crippen LogP contribution in [0.25, 0.3) is 0 Å². The first-order valence-corrected chi connectivity index (χ1v) is 6.93. The number of hydrogen-bond donors (Lipinski definition) is 2. The molecule has 0 aliphatic heterocycles. The third-order valence-corrected chi connectivity index (χ3v) is 3.83. The van der Waals surface area contributed by atoms with E-state index >= 15 is 0 Å². The Balaban J connectivity index is 2.03. The fourth-order valence-electron chi connectivity index (χ4n) is 2.75. The van der Waals surface area contributed by atoms with Gasteiger partial charge >= 0.3 is 0 Å². The van der Waals surface area contributed by atoms with Crippen LogP contribution >= 0.6 is 0 Å². The minimum absolute atomic E-state index is 0.133. The summed E-state index contributed by atoms with van der Waals surface area (Å²) >= 11 is 0. The van der Waals surface area contributed by atoms with E-state index in [1.807, 2.05) is 6.92 Å². The van der Waals surface area contributed by atoms with Crippen molar-refractivity contribution in [2.45, 2.75) is 51.7 Å². The van der Waals surface area contributed by atoms with E-state index in [9.17, 15) is 0 Å². The van der Waals surface area contributed by atoms with Gasteiger partial charge in [-0.15, -0.1) is 0 Å². The topological polar surface area (TPSA) is 47.3 Å². The molecule has 18 heavy (non-hydrogen) atoms. The lowest BCUT2D eigenvalue weighted by atomic mass is 9.99. The largest absolute Gasteiger partial charge is 0.377 e. The fraction of sp³-hybridized carbons (Fsp3) is 0.600. The van der Waals surface area contributed by atoms with Crippen molar-refractivity contribution in [3.05, 3.63) is 34.9 Å². The van der Waals surface area contributed by atoms with E-state index in [0.717, 1.165) is 13.0 Å². The predicted octanol–water partition coefficient (Wildman–Crippen LogP) is 1.97. The molecule has 1 aromatic rings. The standard InChI is InChI=1S/C15H24N2O/c1-3-18-11(2)15(17-16)10-12-7-8-13-5-4-6-14(13)9-12/h7-9,11,15,17H,3-6,10,16H2,1-2H3. The molecule has 100 valence electrons. The fourth-order valence-corrected chi connectivity index (χ4v) is 2.75. The molecule has 0 fully saturated rings. The van der Waals surface area contributed by atoms with Gasteiger partial charge in [0.1, 0.15) is 0 Å². The van der Waals surface area contributed by atoms with Gasteiger partial charge in [0.25, 0.3) is 0 Å². The highest BCUT2D eigenvalue weighted by Gasteiger charge is 2.18. The molecule has 3 nitrogen and oxygen atoms in total. The van der Waals surface area contributed by atoms with Crippen LogP contribution < -0.4 is 11.3 Å². The zero-order valence-electron chi connectivity index (χ0n) is 11.4. The maximum Gasteiger partial charge on any atom is 0.0716 e. The van der Waals surface area contributed by atoms with E-state index in [1.54, 1.807) is 0 Å². The number of benzene rings is 1. The predicted molar refractivity (Wildman–Crippen MR) is 74.4 cm³/mol. The first-order chi connectivity index (χ1) is 8.74. The highest BCUT2D eigenvalue weighted by Crippen LogP contribution is 2.23. The second-order valence-corrected chi connectivity index (χ2v) is 5.09. The summed E-state index contributed by atoms with van der Waals surface area (Å²) in [7, 11) is 0. The summed E-state index contributed by atoms with van der Waals surface area (Å²) in [6.07, 6.45) is 4.82. The third kappa shape index (κ3) is 3.10. The monoisotopic (exact) mass is 248 g/mol. The summed E-state index contributed by atoms with van der Waals surface area (Å²) in [5.41, 5.74) is 7.27. The van der Waals surface area contributed by atoms with Crippen LogP contribution in [-0.2, 0) is 24.0 Å². The zero-order chi connectivity index (χ0) is 13.0. The van der Waals surface area contributed by atoms with E-state index < -0.39 is 0 Å². The number of ether oxygens (including phenoxy) is 1. The summed E-state index contributed by atoms with van der Waals surface area (Å²) in [5, 5.41) is 0. The Bertz CT molecular complexity index is 392. The molecule has 0 amide bonds. The molecular weight excluding hydrogens is 224 g/mol. The van der Waals surface area contributed by atoms with Crippen molar-refractivity contribution in [1.82, 2.24) is 5.43 Å². The average Bonchev–Trinajstić information content (AvgIpc) is 2.83. The van der Waals surface area contributed by atoms with Gasteiger partial charge in [-0.3, -0.25) is 11.3 Å². The number of rotatable bonds is 6. The molecule has 0 bridgehead atoms. The van der Waals surface area contributed by atoms with Gasteiger partial charge in [0.2, 0.25) is 0 Å². The number of nitrogens with two attached hydrogens (primary N) is 1. The molecule has 0 radical (unpaired) electrons. The summed E-state index contributed by atoms with van der Waals surface area (Å²) < 4.78 is 5.62. The van der Waals surface area contributed by atoms with Crippen LogP contribution in [0.1, 0.15) is 37.0 Å². The lowest BCUT2D eigenvalue weighted by Gasteiger charge is -2.23. The molecule has 3 N–H and O–H groups in total. The second kappa shape index (κ2) is 6.32. The van der Waals surface area contributed by atoms with Gasteiger partial charge in [0.15, 0.2) is 0 Å². The summed E-state index contributed by atoms with van der Waals surface area (Å²) in [6, 6.07) is 7.01. The molecule has 3 heteroatoms. The molecule has 0 saturated heterocycles. The van der Waals surface area contributed by atoms with Gasteiger partial charge in [0, 0.05) is 6.61 Å². The van der Waals surface area contributed by atoms with Gasteiger partial charge in [-0.05, 0) is 56.2 Å². The van der Waals surface area contributed by atoms with Crippen molar-refractivity contribution in [3.8, 4) is 0 Å². The number of fused-ring (bicyclic) bond motifs is 1. The molecule has 2 atom stereocenters. The van der Waals surface area contributed by atoms with E-state index in [-0.39, 0.29) is 12.1 Å². The molecule has 0 spiro atoms. The van der Waals surface area contributed by atoms with E-state index in [0.29, 0.717) is 0 Å². The van der Waals surface area contributed by atoms with Crippen molar-refractivity contribution in [1.29, 1.82) is 0 Å². The maximum absolute atomic E-state index is 5.63. The molecular formula is C15H24N2O. The number of aryl methyl sites for hydroxylation is 2. The highest BCUT2D eigenvalue weighted by atomic mass is 16.5. The van der Waals surface area contributed by atoms with Crippen molar-refractivity contribution >= 4 is 0 Å². The van der Waals surface area contributed by atoms with Crippen LogP contribution in [0.4, 0.5) is 0 Å². The molecule has 1 aromatic carbocycles. The van der Waals surface area contributed by atoms with Crippen LogP contribution in [0.2, 0.25) is 0 Å². The van der Waals surface area contributed by atoms with E-state index in [2.05, 4.69) is 30.5 Å². The lowest BCUT2D eigenvalue weighted by molar-refractivity contribution is 0.0476. The Hall–Kier alpha value is -0.900. The van der Waals surface area contributed by atoms with Crippen molar-refractivity contribution in [3.63, 3.8) is 0 Å². The van der Waals surface area contributed by atoms with Crippen molar-refractivity contribution < 1.29 is 4.74 Å². The zero-order valence-corrected chi connectivity index (χ0v) is 11.4. The van der Waals surface area contributed by atoms with Gasteiger partial charge in [0.05, 0.1) is 12.1 Å². The normalized spacial score (nSPS) is 17.5. The van der Waals surface area contributed by atoms with Crippen LogP contribution in [0.15, 0.2) is 18.2 Å². The Morgan fingerprint density at radius 3 is 2.83 bits per heavy atom. The highest BCUT2D eigenvalue weighted by molar-refractivity contribution is 5.35. The summed E-state index contributed by atoms with van der Waals surface area (Å²) in [6.45, 7) is 4.81. The van der Waals surface area contributed by atoms with Crippen LogP contribution in [0.3, 0.4) is 0 Å². The van der Waals surface area contributed by atoms with Crippen molar-refractivity contribution in [2.75, 3.05) is 6.61 Å². The number of hydrogen-bond acceptors (Lipinski definition) is 3. The Kier molecular flexibility index (Phi) is 4.75. The van der Waals surface area contributed by atoms with Crippen molar-refractivity contribution in [2.24, 2.45) is 5.84 Å². The first kappa shape index (κ1) is 13.5. The van der Waals surface area contributed by atoms with Gasteiger partial charge in [-0.2, -0.15) is 0 Å². The Labute approximate surface area is 110 Å². The Morgan fingerprint density at radius 1 is 1.33 bits per heavy atom. The minimum atomic E-state index is 0.133. The molecule has 2 unspecified atom stereocenters. The number of hydrazine groups is 1. The third-order valence-electron chi connectivity index (χ3n) is 3.83. The van der Waals surface area contributed by atoms with Gasteiger partial charge in [-0.1, -0.05) is 18.2 Å². The minimum Gasteiger partial charge on any atom is -0.377 e. The molecule has 0 saturated carbocycles. The molecule has 0 aromatic heterocycles. The molecule has 1 aliphatic carbocycles. The lowest BCUT2D eigenvalue weighted by Crippen LogP contribution is -2.45. The molecule has 2 rings (SSSR count). The summed E-state index contributed by atoms with van der Waals surface area (Å²) in [4.78, 5) is 0. The van der Waals surface area contributed by atoms with E-state index in [4.69, 9.17) is 10.6 Å². The van der Waals surface area contributed by atoms with E-state index in [1.165, 1.54) is 36.0 Å². The summed E-state index contributed by atoms with van der Waals surface area (Å²) in [5.74, 6) is 5.63. The quantitative estimate of drug-likeness (QED) is 0.598. The smallest absolute Gasteiger partial charge is 0.0716 e. The van der Waals surface area contributed by atoms with Crippen LogP contribution in [-0.4, -0.2) is 18.8 Å². The average molecular weight is 248 g/mol. The molecule has 1 aliphatic rings. The Morgan fingerprint density at radius 2 is 2.11 bits per heavy atom. The van der Waals surface area contributed by atoms with Crippen LogP contribution in [0, 0.1) is 0 Å². The van der Waals surface area contributed by atoms with Gasteiger partial charge in [-0.25, -0.2) is 0 Å². The van der Waals surface area contributed by atoms with Gasteiger partial charge < -0.3 is 4.74 Å². The van der Waals surface area contributed by atoms with Crippen LogP contribution in [0.5, 0.6) is 0 Å². The SMILES string of the molecule is CCOC(C)C(Cc1ccc2c(c1)CCC2)NN. The first-order valence-electron chi connectivity index (χ1n) is 6.93. The number of nitrogens with one attached hydrogen (secondary N) is 1. The second-order valence-electron chi connectivity index (χ2n) is 5.09.